The first-order valence-corrected chi connectivity index (χ1v) is 14.4. The van der Waals surface area contributed by atoms with E-state index in [0.29, 0.717) is 0 Å². The number of rotatable bonds is 4. The molecule has 14 heteroatoms. The Morgan fingerprint density at radius 1 is 0.583 bits per heavy atom. The second kappa shape index (κ2) is 12.4. The van der Waals surface area contributed by atoms with E-state index in [2.05, 4.69) is 32.6 Å². The Morgan fingerprint density at radius 3 is 1.42 bits per heavy atom. The Balaban J connectivity index is 0.000000146. The molecule has 0 fully saturated rings. The molecule has 0 N–H and O–H groups in total. The number of fused-ring (bicyclic) bond motifs is 6. The molecule has 10 aromatic rings. The first-order chi connectivity index (χ1) is 22.7. The number of hydrogen-bond donors (Lipinski definition) is 0. The molecule has 0 spiro atoms. The molecular weight excluding hydrogens is 971 g/mol. The molecule has 240 valence electrons. The van der Waals surface area contributed by atoms with Crippen LogP contribution in [0.1, 0.15) is 0 Å². The summed E-state index contributed by atoms with van der Waals surface area (Å²) in [6.07, 6.45) is 23.7. The summed E-state index contributed by atoms with van der Waals surface area (Å²) in [6, 6.07) is 12.0. The first-order valence-electron chi connectivity index (χ1n) is 14.4. The largest absolute Gasteiger partial charge is 2.00 e. The van der Waals surface area contributed by atoms with Gasteiger partial charge in [0.1, 0.15) is 35.3 Å². The summed E-state index contributed by atoms with van der Waals surface area (Å²) in [5.74, 6) is 1.67. The molecule has 0 aliphatic carbocycles. The van der Waals surface area contributed by atoms with Crippen molar-refractivity contribution in [3.63, 3.8) is 0 Å². The smallest absolute Gasteiger partial charge is 0.660 e. The van der Waals surface area contributed by atoms with E-state index >= 15 is 0 Å². The van der Waals surface area contributed by atoms with E-state index in [1.54, 1.807) is 37.3 Å². The van der Waals surface area contributed by atoms with Crippen molar-refractivity contribution in [2.45, 2.75) is 0 Å². The number of aromatic nitrogens is 10. The van der Waals surface area contributed by atoms with Crippen LogP contribution in [0, 0.1) is 12.7 Å². The van der Waals surface area contributed by atoms with Gasteiger partial charge in [-0.05, 0) is 22.1 Å². The fourth-order valence-corrected chi connectivity index (χ4v) is 5.88. The molecule has 8 heterocycles. The van der Waals surface area contributed by atoms with E-state index in [9.17, 15) is 0 Å². The Hall–Kier alpha value is -5.18. The van der Waals surface area contributed by atoms with Crippen LogP contribution in [0.3, 0.4) is 0 Å². The van der Waals surface area contributed by atoms with Crippen molar-refractivity contribution >= 4 is 44.0 Å². The predicted octanol–water partition coefficient (Wildman–Crippen LogP) is 5.85. The fraction of sp³-hybridized carbons (Fsp3) is 0.0588. The van der Waals surface area contributed by atoms with E-state index in [-0.39, 0.29) is 42.1 Å². The van der Waals surface area contributed by atoms with Crippen molar-refractivity contribution in [3.05, 3.63) is 111 Å². The van der Waals surface area contributed by atoms with Gasteiger partial charge in [-0.2, -0.15) is 0 Å². The average Bonchev–Trinajstić information content (AvgIpc) is 3.90. The molecule has 0 unspecified atom stereocenters. The van der Waals surface area contributed by atoms with Crippen molar-refractivity contribution in [1.29, 1.82) is 0 Å². The Morgan fingerprint density at radius 2 is 1.04 bits per heavy atom. The average molecular weight is 993 g/mol. The third kappa shape index (κ3) is 4.91. The van der Waals surface area contributed by atoms with Crippen LogP contribution in [0.15, 0.2) is 107 Å². The molecule has 12 nitrogen and oxygen atoms in total. The summed E-state index contributed by atoms with van der Waals surface area (Å²) in [4.78, 5) is 26.4. The minimum Gasteiger partial charge on any atom is -0.660 e. The molecule has 0 atom stereocenters. The molecule has 10 rings (SSSR count). The second-order valence-corrected chi connectivity index (χ2v) is 10.7. The maximum atomic E-state index is 5.80. The van der Waals surface area contributed by atoms with E-state index in [1.807, 2.05) is 93.5 Å². The van der Waals surface area contributed by atoms with Gasteiger partial charge in [-0.15, -0.1) is 11.0 Å². The molecule has 48 heavy (non-hydrogen) atoms. The van der Waals surface area contributed by atoms with Crippen LogP contribution in [-0.4, -0.2) is 38.2 Å². The molecule has 0 amide bonds. The van der Waals surface area contributed by atoms with Crippen molar-refractivity contribution in [3.8, 4) is 34.2 Å². The van der Waals surface area contributed by atoms with Gasteiger partial charge in [0.05, 0.1) is 0 Å². The van der Waals surface area contributed by atoms with Crippen LogP contribution < -0.4 is 9.97 Å². The molecule has 0 radical (unpaired) electrons. The van der Waals surface area contributed by atoms with Gasteiger partial charge in [0.15, 0.2) is 0 Å². The van der Waals surface area contributed by atoms with Gasteiger partial charge in [0.2, 0.25) is 0 Å². The molecule has 0 bridgehead atoms. The van der Waals surface area contributed by atoms with Crippen molar-refractivity contribution < 1.29 is 51.0 Å². The van der Waals surface area contributed by atoms with Crippen LogP contribution in [0.4, 0.5) is 0 Å². The quantitative estimate of drug-likeness (QED) is 0.201. The Labute approximate surface area is 301 Å². The zero-order valence-corrected chi connectivity index (χ0v) is 29.7. The van der Waals surface area contributed by atoms with E-state index < -0.39 is 0 Å². The zero-order valence-electron chi connectivity index (χ0n) is 25.2. The first kappa shape index (κ1) is 31.4. The maximum Gasteiger partial charge on any atom is 2.00 e. The molecule has 8 aromatic heterocycles. The zero-order chi connectivity index (χ0) is 30.8. The number of nitrogens with zero attached hydrogens (tertiary/aromatic N) is 10. The summed E-state index contributed by atoms with van der Waals surface area (Å²) in [5, 5.41) is 1.94. The molecular formula is C34H22N10O2Pt2. The standard InChI is InChI=1S/2C17H11N5O.2Pt/c2*1-21-7-6-19-17(21)12-9-23-16-11-3-2-4-13(14(11)20-15(12)16)22-8-5-18-10-22;;/h2*2-9H,1H3;;/q2*-2;2*+2. The Kier molecular flexibility index (Phi) is 8.15. The molecule has 0 aliphatic rings. The fourth-order valence-electron chi connectivity index (χ4n) is 5.88. The van der Waals surface area contributed by atoms with Crippen molar-refractivity contribution in [2.75, 3.05) is 0 Å². The minimum absolute atomic E-state index is 0. The number of furan rings is 2. The normalized spacial score (nSPS) is 11.2. The Bertz CT molecular complexity index is 2450. The summed E-state index contributed by atoms with van der Waals surface area (Å²) in [6.45, 7) is 0. The van der Waals surface area contributed by atoms with Gasteiger partial charge in [0, 0.05) is 62.7 Å². The maximum absolute atomic E-state index is 5.80. The van der Waals surface area contributed by atoms with Crippen LogP contribution in [0.25, 0.3) is 78.2 Å². The summed E-state index contributed by atoms with van der Waals surface area (Å²) in [5.41, 5.74) is 8.57. The third-order valence-electron chi connectivity index (χ3n) is 8.05. The summed E-state index contributed by atoms with van der Waals surface area (Å²) < 4.78 is 19.2. The van der Waals surface area contributed by atoms with E-state index in [4.69, 9.17) is 18.8 Å². The third-order valence-corrected chi connectivity index (χ3v) is 8.05. The topological polar surface area (TPSA) is 126 Å². The second-order valence-electron chi connectivity index (χ2n) is 10.7. The number of para-hydroxylation sites is 2. The number of aryl methyl sites for hydroxylation is 2. The predicted molar refractivity (Wildman–Crippen MR) is 170 cm³/mol. The van der Waals surface area contributed by atoms with Crippen molar-refractivity contribution in [2.24, 2.45) is 14.1 Å². The summed E-state index contributed by atoms with van der Waals surface area (Å²) in [7, 11) is 3.91. The minimum atomic E-state index is 0. The van der Waals surface area contributed by atoms with E-state index in [1.165, 1.54) is 0 Å². The van der Waals surface area contributed by atoms with Crippen LogP contribution in [0.2, 0.25) is 0 Å². The van der Waals surface area contributed by atoms with Crippen LogP contribution in [-0.2, 0) is 56.2 Å². The van der Waals surface area contributed by atoms with Crippen molar-refractivity contribution in [1.82, 2.24) is 48.2 Å². The van der Waals surface area contributed by atoms with Gasteiger partial charge < -0.3 is 47.0 Å². The molecule has 2 aromatic carbocycles. The molecule has 0 saturated carbocycles. The molecule has 0 aliphatic heterocycles. The van der Waals surface area contributed by atoms with Crippen LogP contribution >= 0.6 is 0 Å². The van der Waals surface area contributed by atoms with Gasteiger partial charge in [0.25, 0.3) is 0 Å². The van der Waals surface area contributed by atoms with E-state index in [0.717, 1.165) is 78.2 Å². The van der Waals surface area contributed by atoms with Gasteiger partial charge in [-0.3, -0.25) is 0 Å². The number of hydrogen-bond acceptors (Lipinski definition) is 6. The number of imidazole rings is 4. The SMILES string of the molecule is Cn1ccnc1-c1coc2c1[n-]c1c(-n3[c-]ncc3)cccc12.Cn1ccnc1-c1coc2c1[n-]c1c(-n3[c-]ncc3)cccc12.[Pt+2].[Pt+2]. The van der Waals surface area contributed by atoms with Gasteiger partial charge in [-0.25, -0.2) is 9.97 Å². The van der Waals surface area contributed by atoms with Gasteiger partial charge in [-0.1, -0.05) is 72.2 Å². The summed E-state index contributed by atoms with van der Waals surface area (Å²) >= 11 is 0. The van der Waals surface area contributed by atoms with Gasteiger partial charge >= 0.3 is 42.1 Å². The molecule has 0 saturated heterocycles. The monoisotopic (exact) mass is 992 g/mol. The van der Waals surface area contributed by atoms with Crippen LogP contribution in [0.5, 0.6) is 0 Å². The number of benzene rings is 2.